The summed E-state index contributed by atoms with van der Waals surface area (Å²) >= 11 is 1.60. The van der Waals surface area contributed by atoms with Crippen LogP contribution in [0.5, 0.6) is 5.75 Å². The van der Waals surface area contributed by atoms with Crippen LogP contribution in [0.25, 0.3) is 0 Å². The van der Waals surface area contributed by atoms with Crippen molar-refractivity contribution in [2.24, 2.45) is 10.9 Å². The number of hydrogen-bond donors (Lipinski definition) is 2. The monoisotopic (exact) mass is 240 g/mol. The first kappa shape index (κ1) is 12.7. The van der Waals surface area contributed by atoms with Gasteiger partial charge in [0, 0.05) is 4.90 Å². The van der Waals surface area contributed by atoms with Gasteiger partial charge in [-0.2, -0.15) is 0 Å². The summed E-state index contributed by atoms with van der Waals surface area (Å²) < 4.78 is 5.70. The molecule has 0 bridgehead atoms. The lowest BCUT2D eigenvalue weighted by molar-refractivity contribution is 0.242. The van der Waals surface area contributed by atoms with E-state index < -0.39 is 6.10 Å². The molecule has 0 aliphatic carbocycles. The summed E-state index contributed by atoms with van der Waals surface area (Å²) in [6.07, 6.45) is 2.24. The third kappa shape index (κ3) is 3.06. The van der Waals surface area contributed by atoms with Crippen molar-refractivity contribution in [1.82, 2.24) is 0 Å². The minimum Gasteiger partial charge on any atom is -0.481 e. The lowest BCUT2D eigenvalue weighted by Crippen LogP contribution is -2.33. The molecule has 0 aromatic heterocycles. The molecule has 3 N–H and O–H groups in total. The Morgan fingerprint density at radius 3 is 2.81 bits per heavy atom. The van der Waals surface area contributed by atoms with Crippen LogP contribution in [0, 0.1) is 0 Å². The molecule has 0 amide bonds. The van der Waals surface area contributed by atoms with Crippen LogP contribution >= 0.6 is 11.8 Å². The average Bonchev–Trinajstić information content (AvgIpc) is 2.35. The third-order valence-electron chi connectivity index (χ3n) is 2.15. The highest BCUT2D eigenvalue weighted by atomic mass is 32.2. The SMILES string of the molecule is CCC(Oc1ccccc1SC)C(N)=NO. The summed E-state index contributed by atoms with van der Waals surface area (Å²) in [6.45, 7) is 1.92. The summed E-state index contributed by atoms with van der Waals surface area (Å²) in [6, 6.07) is 7.69. The first-order valence-corrected chi connectivity index (χ1v) is 6.22. The molecular weight excluding hydrogens is 224 g/mol. The molecule has 4 nitrogen and oxygen atoms in total. The van der Waals surface area contributed by atoms with E-state index in [0.717, 1.165) is 10.6 Å². The zero-order valence-electron chi connectivity index (χ0n) is 9.38. The fraction of sp³-hybridized carbons (Fsp3) is 0.364. The second-order valence-electron chi connectivity index (χ2n) is 3.19. The van der Waals surface area contributed by atoms with Crippen LogP contribution in [0.2, 0.25) is 0 Å². The molecule has 88 valence electrons. The number of thioether (sulfide) groups is 1. The maximum atomic E-state index is 8.62. The average molecular weight is 240 g/mol. The summed E-state index contributed by atoms with van der Waals surface area (Å²) in [4.78, 5) is 1.03. The van der Waals surface area contributed by atoms with E-state index in [1.54, 1.807) is 11.8 Å². The fourth-order valence-corrected chi connectivity index (χ4v) is 1.82. The Hall–Kier alpha value is -1.36. The number of amidine groups is 1. The van der Waals surface area contributed by atoms with Gasteiger partial charge < -0.3 is 15.7 Å². The molecule has 1 aromatic rings. The van der Waals surface area contributed by atoms with Crippen LogP contribution < -0.4 is 10.5 Å². The minimum atomic E-state index is -0.390. The Morgan fingerprint density at radius 1 is 1.56 bits per heavy atom. The molecule has 0 fully saturated rings. The van der Waals surface area contributed by atoms with Crippen LogP contribution in [-0.2, 0) is 0 Å². The number of nitrogens with zero attached hydrogens (tertiary/aromatic N) is 1. The van der Waals surface area contributed by atoms with Gasteiger partial charge in [-0.05, 0) is 24.8 Å². The Balaban J connectivity index is 2.85. The molecule has 1 aromatic carbocycles. The predicted molar refractivity (Wildman–Crippen MR) is 66.3 cm³/mol. The van der Waals surface area contributed by atoms with Crippen molar-refractivity contribution in [3.05, 3.63) is 24.3 Å². The van der Waals surface area contributed by atoms with Crippen LogP contribution in [-0.4, -0.2) is 23.4 Å². The molecule has 1 rings (SSSR count). The zero-order chi connectivity index (χ0) is 12.0. The largest absolute Gasteiger partial charge is 0.481 e. The zero-order valence-corrected chi connectivity index (χ0v) is 10.2. The Bertz CT molecular complexity index is 369. The predicted octanol–water partition coefficient (Wildman–Crippen LogP) is 2.31. The fourth-order valence-electron chi connectivity index (χ4n) is 1.29. The molecule has 16 heavy (non-hydrogen) atoms. The van der Waals surface area contributed by atoms with Gasteiger partial charge in [0.25, 0.3) is 0 Å². The number of oxime groups is 1. The molecule has 0 radical (unpaired) electrons. The van der Waals surface area contributed by atoms with E-state index >= 15 is 0 Å². The van der Waals surface area contributed by atoms with E-state index in [1.807, 2.05) is 37.4 Å². The Labute approximate surface area is 99.5 Å². The van der Waals surface area contributed by atoms with Gasteiger partial charge in [-0.1, -0.05) is 24.2 Å². The molecule has 0 aliphatic heterocycles. The van der Waals surface area contributed by atoms with Gasteiger partial charge >= 0.3 is 0 Å². The van der Waals surface area contributed by atoms with Crippen molar-refractivity contribution in [3.63, 3.8) is 0 Å². The van der Waals surface area contributed by atoms with Gasteiger partial charge in [-0.3, -0.25) is 0 Å². The molecule has 0 saturated heterocycles. The molecule has 1 unspecified atom stereocenters. The van der Waals surface area contributed by atoms with E-state index in [2.05, 4.69) is 5.16 Å². The number of ether oxygens (including phenoxy) is 1. The van der Waals surface area contributed by atoms with Gasteiger partial charge in [0.15, 0.2) is 11.9 Å². The van der Waals surface area contributed by atoms with E-state index in [9.17, 15) is 0 Å². The van der Waals surface area contributed by atoms with Gasteiger partial charge in [0.05, 0.1) is 0 Å². The standard InChI is InChI=1S/C11H16N2O2S/c1-3-8(11(12)13-14)15-9-6-4-5-7-10(9)16-2/h4-8,14H,3H2,1-2H3,(H2,12,13). The lowest BCUT2D eigenvalue weighted by atomic mass is 10.2. The van der Waals surface area contributed by atoms with Crippen molar-refractivity contribution < 1.29 is 9.94 Å². The minimum absolute atomic E-state index is 0.0957. The maximum Gasteiger partial charge on any atom is 0.180 e. The van der Waals surface area contributed by atoms with Gasteiger partial charge in [0.2, 0.25) is 0 Å². The number of para-hydroxylation sites is 1. The molecule has 5 heteroatoms. The quantitative estimate of drug-likeness (QED) is 0.272. The maximum absolute atomic E-state index is 8.62. The first-order chi connectivity index (χ1) is 7.72. The molecule has 0 saturated carbocycles. The topological polar surface area (TPSA) is 67.8 Å². The van der Waals surface area contributed by atoms with Crippen molar-refractivity contribution in [1.29, 1.82) is 0 Å². The summed E-state index contributed by atoms with van der Waals surface area (Å²) in [5.41, 5.74) is 5.54. The van der Waals surface area contributed by atoms with Crippen LogP contribution in [0.1, 0.15) is 13.3 Å². The summed E-state index contributed by atoms with van der Waals surface area (Å²) in [5.74, 6) is 0.854. The van der Waals surface area contributed by atoms with E-state index in [-0.39, 0.29) is 5.84 Å². The van der Waals surface area contributed by atoms with E-state index in [4.69, 9.17) is 15.7 Å². The lowest BCUT2D eigenvalue weighted by Gasteiger charge is -2.17. The van der Waals surface area contributed by atoms with E-state index in [1.165, 1.54) is 0 Å². The van der Waals surface area contributed by atoms with Crippen LogP contribution in [0.15, 0.2) is 34.3 Å². The molecular formula is C11H16N2O2S. The highest BCUT2D eigenvalue weighted by Crippen LogP contribution is 2.28. The molecule has 1 atom stereocenters. The summed E-state index contributed by atoms with van der Waals surface area (Å²) in [7, 11) is 0. The second-order valence-corrected chi connectivity index (χ2v) is 4.04. The molecule has 0 spiro atoms. The molecule has 0 aliphatic rings. The van der Waals surface area contributed by atoms with Crippen molar-refractivity contribution in [2.45, 2.75) is 24.3 Å². The summed E-state index contributed by atoms with van der Waals surface area (Å²) in [5, 5.41) is 11.6. The Kier molecular flexibility index (Phi) is 4.98. The van der Waals surface area contributed by atoms with Crippen LogP contribution in [0.4, 0.5) is 0 Å². The highest BCUT2D eigenvalue weighted by molar-refractivity contribution is 7.98. The highest BCUT2D eigenvalue weighted by Gasteiger charge is 2.15. The van der Waals surface area contributed by atoms with Crippen molar-refractivity contribution >= 4 is 17.6 Å². The van der Waals surface area contributed by atoms with Crippen molar-refractivity contribution in [3.8, 4) is 5.75 Å². The third-order valence-corrected chi connectivity index (χ3v) is 2.93. The van der Waals surface area contributed by atoms with Crippen molar-refractivity contribution in [2.75, 3.05) is 6.26 Å². The van der Waals surface area contributed by atoms with Gasteiger partial charge in [-0.15, -0.1) is 11.8 Å². The second kappa shape index (κ2) is 6.27. The van der Waals surface area contributed by atoms with Crippen LogP contribution in [0.3, 0.4) is 0 Å². The number of benzene rings is 1. The number of hydrogen-bond acceptors (Lipinski definition) is 4. The Morgan fingerprint density at radius 2 is 2.25 bits per heavy atom. The van der Waals surface area contributed by atoms with Gasteiger partial charge in [-0.25, -0.2) is 0 Å². The number of rotatable bonds is 5. The van der Waals surface area contributed by atoms with E-state index in [0.29, 0.717) is 6.42 Å². The van der Waals surface area contributed by atoms with Gasteiger partial charge in [0.1, 0.15) is 5.75 Å². The molecule has 0 heterocycles. The number of nitrogens with two attached hydrogens (primary N) is 1. The first-order valence-electron chi connectivity index (χ1n) is 5.00. The smallest absolute Gasteiger partial charge is 0.180 e. The normalized spacial score (nSPS) is 13.5.